The summed E-state index contributed by atoms with van der Waals surface area (Å²) in [5.41, 5.74) is 5.87. The quantitative estimate of drug-likeness (QED) is 0.558. The van der Waals surface area contributed by atoms with E-state index in [1.807, 2.05) is 0 Å². The number of benzene rings is 2. The number of halogens is 2. The van der Waals surface area contributed by atoms with E-state index in [0.717, 1.165) is 0 Å². The van der Waals surface area contributed by atoms with Crippen LogP contribution in [-0.4, -0.2) is 24.7 Å². The van der Waals surface area contributed by atoms with E-state index in [0.29, 0.717) is 11.4 Å². The lowest BCUT2D eigenvalue weighted by atomic mass is 10.2. The summed E-state index contributed by atoms with van der Waals surface area (Å²) in [5.74, 6) is 0.135. The summed E-state index contributed by atoms with van der Waals surface area (Å²) in [6.07, 6.45) is 0. The van der Waals surface area contributed by atoms with Gasteiger partial charge >= 0.3 is 6.61 Å². The molecule has 2 rings (SSSR count). The second-order valence-electron chi connectivity index (χ2n) is 4.67. The number of hydrogen-bond donors (Lipinski definition) is 3. The minimum atomic E-state index is -2.92. The first-order valence-electron chi connectivity index (χ1n) is 7.04. The van der Waals surface area contributed by atoms with E-state index in [1.165, 1.54) is 24.3 Å². The Hall–Kier alpha value is -2.94. The zero-order valence-corrected chi connectivity index (χ0v) is 13.9. The molecule has 0 aliphatic carbocycles. The summed E-state index contributed by atoms with van der Waals surface area (Å²) in [7, 11) is 1.55. The topological polar surface area (TPSA) is 71.6 Å². The van der Waals surface area contributed by atoms with E-state index in [1.54, 1.807) is 31.4 Å². The summed E-state index contributed by atoms with van der Waals surface area (Å²) in [6, 6.07) is 12.3. The molecule has 6 nitrogen and oxygen atoms in total. The second kappa shape index (κ2) is 8.78. The molecule has 0 heterocycles. The molecular formula is C16H15F2N3O3S. The second-order valence-corrected chi connectivity index (χ2v) is 5.08. The maximum atomic E-state index is 12.1. The van der Waals surface area contributed by atoms with Crippen LogP contribution in [0.5, 0.6) is 11.5 Å². The van der Waals surface area contributed by atoms with Gasteiger partial charge in [-0.1, -0.05) is 6.07 Å². The summed E-state index contributed by atoms with van der Waals surface area (Å²) in [6.45, 7) is -2.92. The Bertz CT molecular complexity index is 742. The van der Waals surface area contributed by atoms with E-state index in [2.05, 4.69) is 20.9 Å². The van der Waals surface area contributed by atoms with Gasteiger partial charge < -0.3 is 14.8 Å². The molecule has 1 amide bonds. The average Bonchev–Trinajstić information content (AvgIpc) is 2.60. The number of nitrogens with one attached hydrogen (secondary N) is 3. The lowest BCUT2D eigenvalue weighted by Gasteiger charge is -2.12. The predicted octanol–water partition coefficient (Wildman–Crippen LogP) is 2.93. The van der Waals surface area contributed by atoms with Crippen molar-refractivity contribution in [2.45, 2.75) is 6.61 Å². The SMILES string of the molecule is COc1cccc(NC(=S)NNC(=O)c2ccc(OC(F)F)cc2)c1. The number of carbonyl (C=O) groups excluding carboxylic acids is 1. The van der Waals surface area contributed by atoms with Crippen LogP contribution in [0, 0.1) is 0 Å². The molecule has 2 aromatic rings. The number of anilines is 1. The van der Waals surface area contributed by atoms with E-state index in [-0.39, 0.29) is 16.4 Å². The van der Waals surface area contributed by atoms with Gasteiger partial charge in [-0.15, -0.1) is 0 Å². The van der Waals surface area contributed by atoms with Gasteiger partial charge in [0.25, 0.3) is 5.91 Å². The van der Waals surface area contributed by atoms with Crippen LogP contribution in [0.1, 0.15) is 10.4 Å². The number of alkyl halides is 2. The Balaban J connectivity index is 1.85. The Morgan fingerprint density at radius 2 is 1.80 bits per heavy atom. The molecule has 25 heavy (non-hydrogen) atoms. The number of rotatable bonds is 5. The van der Waals surface area contributed by atoms with E-state index in [4.69, 9.17) is 17.0 Å². The largest absolute Gasteiger partial charge is 0.497 e. The number of hydrazine groups is 1. The highest BCUT2D eigenvalue weighted by molar-refractivity contribution is 7.80. The van der Waals surface area contributed by atoms with Gasteiger partial charge in [0.2, 0.25) is 0 Å². The molecule has 0 fully saturated rings. The van der Waals surface area contributed by atoms with E-state index in [9.17, 15) is 13.6 Å². The highest BCUT2D eigenvalue weighted by Gasteiger charge is 2.08. The van der Waals surface area contributed by atoms with Gasteiger partial charge in [-0.2, -0.15) is 8.78 Å². The van der Waals surface area contributed by atoms with Crippen molar-refractivity contribution in [3.63, 3.8) is 0 Å². The van der Waals surface area contributed by atoms with Crippen LogP contribution in [0.2, 0.25) is 0 Å². The van der Waals surface area contributed by atoms with Gasteiger partial charge in [0.1, 0.15) is 11.5 Å². The highest BCUT2D eigenvalue weighted by Crippen LogP contribution is 2.16. The van der Waals surface area contributed by atoms with Crippen molar-refractivity contribution in [3.05, 3.63) is 54.1 Å². The third-order valence-electron chi connectivity index (χ3n) is 2.96. The normalized spacial score (nSPS) is 10.1. The Morgan fingerprint density at radius 1 is 1.08 bits per heavy atom. The summed E-state index contributed by atoms with van der Waals surface area (Å²) in [5, 5.41) is 3.04. The zero-order valence-electron chi connectivity index (χ0n) is 13.1. The van der Waals surface area contributed by atoms with Crippen LogP contribution in [0.15, 0.2) is 48.5 Å². The molecule has 0 saturated heterocycles. The maximum absolute atomic E-state index is 12.1. The van der Waals surface area contributed by atoms with E-state index < -0.39 is 12.5 Å². The van der Waals surface area contributed by atoms with Crippen LogP contribution in [0.3, 0.4) is 0 Å². The number of ether oxygens (including phenoxy) is 2. The van der Waals surface area contributed by atoms with Crippen LogP contribution >= 0.6 is 12.2 Å². The Kier molecular flexibility index (Phi) is 6.47. The molecule has 0 spiro atoms. The molecule has 0 atom stereocenters. The van der Waals surface area contributed by atoms with Gasteiger partial charge in [-0.3, -0.25) is 15.6 Å². The summed E-state index contributed by atoms with van der Waals surface area (Å²) < 4.78 is 33.5. The lowest BCUT2D eigenvalue weighted by Crippen LogP contribution is -2.43. The van der Waals surface area contributed by atoms with Gasteiger partial charge in [0.15, 0.2) is 5.11 Å². The minimum Gasteiger partial charge on any atom is -0.497 e. The molecular weight excluding hydrogens is 352 g/mol. The zero-order chi connectivity index (χ0) is 18.2. The fourth-order valence-electron chi connectivity index (χ4n) is 1.84. The number of amides is 1. The number of methoxy groups -OCH3 is 1. The van der Waals surface area contributed by atoms with Crippen molar-refractivity contribution in [1.29, 1.82) is 0 Å². The number of thiocarbonyl (C=S) groups is 1. The maximum Gasteiger partial charge on any atom is 0.387 e. The van der Waals surface area contributed by atoms with Crippen molar-refractivity contribution >= 4 is 28.9 Å². The molecule has 0 aliphatic rings. The van der Waals surface area contributed by atoms with Gasteiger partial charge in [-0.05, 0) is 48.6 Å². The van der Waals surface area contributed by atoms with E-state index >= 15 is 0 Å². The van der Waals surface area contributed by atoms with Crippen molar-refractivity contribution in [2.75, 3.05) is 12.4 Å². The molecule has 0 bridgehead atoms. The summed E-state index contributed by atoms with van der Waals surface area (Å²) >= 11 is 5.07. The molecule has 0 aliphatic heterocycles. The predicted molar refractivity (Wildman–Crippen MR) is 92.9 cm³/mol. The molecule has 0 saturated carbocycles. The number of hydrogen-bond acceptors (Lipinski definition) is 4. The van der Waals surface area contributed by atoms with Gasteiger partial charge in [-0.25, -0.2) is 0 Å². The monoisotopic (exact) mass is 367 g/mol. The Labute approximate surface area is 148 Å². The average molecular weight is 367 g/mol. The van der Waals surface area contributed by atoms with Crippen LogP contribution in [0.4, 0.5) is 14.5 Å². The van der Waals surface area contributed by atoms with Crippen molar-refractivity contribution in [1.82, 2.24) is 10.9 Å². The van der Waals surface area contributed by atoms with Crippen molar-refractivity contribution < 1.29 is 23.0 Å². The fourth-order valence-corrected chi connectivity index (χ4v) is 2.01. The van der Waals surface area contributed by atoms with Crippen LogP contribution in [-0.2, 0) is 0 Å². The first kappa shape index (κ1) is 18.4. The Morgan fingerprint density at radius 3 is 2.44 bits per heavy atom. The molecule has 0 unspecified atom stereocenters. The standard InChI is InChI=1S/C16H15F2N3O3S/c1-23-13-4-2-3-11(9-13)19-16(25)21-20-14(22)10-5-7-12(8-6-10)24-15(17)18/h2-9,15H,1H3,(H,20,22)(H2,19,21,25). The molecule has 9 heteroatoms. The lowest BCUT2D eigenvalue weighted by molar-refractivity contribution is -0.0498. The molecule has 2 aromatic carbocycles. The molecule has 0 aromatic heterocycles. The third kappa shape index (κ3) is 5.88. The number of carbonyl (C=O) groups is 1. The van der Waals surface area contributed by atoms with Crippen molar-refractivity contribution in [2.24, 2.45) is 0 Å². The molecule has 3 N–H and O–H groups in total. The highest BCUT2D eigenvalue weighted by atomic mass is 32.1. The van der Waals surface area contributed by atoms with Gasteiger partial charge in [0.05, 0.1) is 7.11 Å². The first-order chi connectivity index (χ1) is 12.0. The van der Waals surface area contributed by atoms with Crippen LogP contribution < -0.4 is 25.6 Å². The minimum absolute atomic E-state index is 0.0327. The fraction of sp³-hybridized carbons (Fsp3) is 0.125. The molecule has 0 radical (unpaired) electrons. The third-order valence-corrected chi connectivity index (χ3v) is 3.16. The smallest absolute Gasteiger partial charge is 0.387 e. The first-order valence-corrected chi connectivity index (χ1v) is 7.45. The molecule has 132 valence electrons. The van der Waals surface area contributed by atoms with Gasteiger partial charge in [0, 0.05) is 17.3 Å². The van der Waals surface area contributed by atoms with Crippen LogP contribution in [0.25, 0.3) is 0 Å². The van der Waals surface area contributed by atoms with Crippen molar-refractivity contribution in [3.8, 4) is 11.5 Å². The summed E-state index contributed by atoms with van der Waals surface area (Å²) in [4.78, 5) is 12.0.